The molecular formula is C17H26N4. The van der Waals surface area contributed by atoms with E-state index in [1.807, 2.05) is 18.7 Å². The highest BCUT2D eigenvalue weighted by molar-refractivity contribution is 5.40. The molecule has 0 bridgehead atoms. The van der Waals surface area contributed by atoms with Gasteiger partial charge >= 0.3 is 0 Å². The molecule has 2 rings (SSSR count). The average Bonchev–Trinajstić information content (AvgIpc) is 3.03. The molecule has 0 unspecified atom stereocenters. The van der Waals surface area contributed by atoms with Crippen molar-refractivity contribution < 1.29 is 0 Å². The topological polar surface area (TPSA) is 24.3 Å². The summed E-state index contributed by atoms with van der Waals surface area (Å²) >= 11 is 0. The van der Waals surface area contributed by atoms with Gasteiger partial charge in [-0.15, -0.1) is 0 Å². The lowest BCUT2D eigenvalue weighted by molar-refractivity contribution is 0.236. The van der Waals surface area contributed by atoms with Gasteiger partial charge in [-0.3, -0.25) is 0 Å². The zero-order valence-corrected chi connectivity index (χ0v) is 13.4. The van der Waals surface area contributed by atoms with Gasteiger partial charge in [-0.2, -0.15) is 0 Å². The first-order valence-electron chi connectivity index (χ1n) is 7.71. The molecule has 4 nitrogen and oxygen atoms in total. The Balaban J connectivity index is 2.00. The minimum absolute atomic E-state index is 0.954. The van der Waals surface area contributed by atoms with E-state index in [0.717, 1.165) is 32.7 Å². The Morgan fingerprint density at radius 1 is 1.10 bits per heavy atom. The van der Waals surface area contributed by atoms with Gasteiger partial charge in [-0.1, -0.05) is 32.0 Å². The molecule has 0 saturated carbocycles. The van der Waals surface area contributed by atoms with Gasteiger partial charge in [0.2, 0.25) is 0 Å². The largest absolute Gasteiger partial charge is 0.306 e. The van der Waals surface area contributed by atoms with Crippen molar-refractivity contribution in [1.82, 2.24) is 19.4 Å². The zero-order valence-electron chi connectivity index (χ0n) is 13.4. The van der Waals surface area contributed by atoms with Crippen LogP contribution in [-0.4, -0.2) is 52.6 Å². The van der Waals surface area contributed by atoms with E-state index in [0.29, 0.717) is 0 Å². The molecule has 0 N–H and O–H groups in total. The van der Waals surface area contributed by atoms with Crippen LogP contribution >= 0.6 is 0 Å². The van der Waals surface area contributed by atoms with E-state index >= 15 is 0 Å². The van der Waals surface area contributed by atoms with Crippen molar-refractivity contribution in [3.8, 4) is 5.69 Å². The third kappa shape index (κ3) is 4.41. The molecule has 1 aromatic heterocycles. The summed E-state index contributed by atoms with van der Waals surface area (Å²) < 4.78 is 2.08. The van der Waals surface area contributed by atoms with Crippen LogP contribution in [0.25, 0.3) is 5.69 Å². The quantitative estimate of drug-likeness (QED) is 0.745. The highest BCUT2D eigenvalue weighted by atomic mass is 15.2. The van der Waals surface area contributed by atoms with Gasteiger partial charge < -0.3 is 14.4 Å². The first-order valence-corrected chi connectivity index (χ1v) is 7.71. The summed E-state index contributed by atoms with van der Waals surface area (Å²) in [5.74, 6) is 0. The Hall–Kier alpha value is -1.65. The lowest BCUT2D eigenvalue weighted by Gasteiger charge is -2.24. The van der Waals surface area contributed by atoms with Crippen LogP contribution in [0.1, 0.15) is 19.4 Å². The molecule has 0 fully saturated rings. The second-order valence-electron chi connectivity index (χ2n) is 5.36. The average molecular weight is 286 g/mol. The zero-order chi connectivity index (χ0) is 15.1. The molecule has 0 amide bonds. The Morgan fingerprint density at radius 3 is 2.52 bits per heavy atom. The second-order valence-corrected chi connectivity index (χ2v) is 5.36. The van der Waals surface area contributed by atoms with E-state index in [2.05, 4.69) is 64.5 Å². The van der Waals surface area contributed by atoms with Crippen LogP contribution in [0.15, 0.2) is 43.0 Å². The molecular weight excluding hydrogens is 260 g/mol. The maximum atomic E-state index is 4.14. The van der Waals surface area contributed by atoms with Gasteiger partial charge in [0.05, 0.1) is 12.0 Å². The van der Waals surface area contributed by atoms with E-state index in [1.54, 1.807) is 0 Å². The summed E-state index contributed by atoms with van der Waals surface area (Å²) in [6.45, 7) is 9.84. The lowest BCUT2D eigenvalue weighted by Crippen LogP contribution is -2.33. The number of nitrogens with zero attached hydrogens (tertiary/aromatic N) is 4. The monoisotopic (exact) mass is 286 g/mol. The Morgan fingerprint density at radius 2 is 1.86 bits per heavy atom. The van der Waals surface area contributed by atoms with Gasteiger partial charge in [0.15, 0.2) is 0 Å². The predicted molar refractivity (Wildman–Crippen MR) is 87.7 cm³/mol. The van der Waals surface area contributed by atoms with E-state index in [4.69, 9.17) is 0 Å². The number of hydrogen-bond donors (Lipinski definition) is 0. The molecule has 0 aliphatic rings. The number of para-hydroxylation sites is 1. The molecule has 0 aliphatic heterocycles. The molecule has 0 saturated heterocycles. The summed E-state index contributed by atoms with van der Waals surface area (Å²) in [7, 11) is 2.19. The van der Waals surface area contributed by atoms with Gasteiger partial charge in [0, 0.05) is 32.0 Å². The van der Waals surface area contributed by atoms with Crippen molar-refractivity contribution in [2.24, 2.45) is 0 Å². The van der Waals surface area contributed by atoms with Crippen LogP contribution < -0.4 is 0 Å². The van der Waals surface area contributed by atoms with E-state index in [1.165, 1.54) is 11.3 Å². The number of imidazole rings is 1. The summed E-state index contributed by atoms with van der Waals surface area (Å²) in [5, 5.41) is 0. The van der Waals surface area contributed by atoms with Crippen molar-refractivity contribution in [2.45, 2.75) is 20.4 Å². The number of benzene rings is 1. The fraction of sp³-hybridized carbons (Fsp3) is 0.471. The molecule has 0 aliphatic carbocycles. The number of rotatable bonds is 8. The van der Waals surface area contributed by atoms with Gasteiger partial charge in [-0.25, -0.2) is 4.98 Å². The van der Waals surface area contributed by atoms with Crippen molar-refractivity contribution >= 4 is 0 Å². The maximum Gasteiger partial charge on any atom is 0.0991 e. The maximum absolute atomic E-state index is 4.14. The first kappa shape index (κ1) is 15.7. The summed E-state index contributed by atoms with van der Waals surface area (Å²) in [5.41, 5.74) is 2.54. The Kier molecular flexibility index (Phi) is 5.96. The van der Waals surface area contributed by atoms with Gasteiger partial charge in [-0.05, 0) is 31.8 Å². The summed E-state index contributed by atoms with van der Waals surface area (Å²) in [4.78, 5) is 8.98. The molecule has 114 valence electrons. The molecule has 4 heteroatoms. The highest BCUT2D eigenvalue weighted by Crippen LogP contribution is 2.15. The molecule has 0 spiro atoms. The predicted octanol–water partition coefficient (Wildman–Crippen LogP) is 2.65. The van der Waals surface area contributed by atoms with Gasteiger partial charge in [0.1, 0.15) is 0 Å². The lowest BCUT2D eigenvalue weighted by atomic mass is 10.1. The minimum Gasteiger partial charge on any atom is -0.306 e. The highest BCUT2D eigenvalue weighted by Gasteiger charge is 2.08. The standard InChI is InChI=1S/C17H26N4/c1-4-20(5-2)13-12-19(3)14-16-8-6-7-9-17(16)21-11-10-18-15-21/h6-11,15H,4-5,12-14H2,1-3H3. The van der Waals surface area contributed by atoms with Crippen LogP contribution in [0.2, 0.25) is 0 Å². The van der Waals surface area contributed by atoms with Crippen molar-refractivity contribution in [3.05, 3.63) is 48.5 Å². The SMILES string of the molecule is CCN(CC)CCN(C)Cc1ccccc1-n1ccnc1. The van der Waals surface area contributed by atoms with Crippen molar-refractivity contribution in [3.63, 3.8) is 0 Å². The van der Waals surface area contributed by atoms with Gasteiger partial charge in [0.25, 0.3) is 0 Å². The number of hydrogen-bond acceptors (Lipinski definition) is 3. The van der Waals surface area contributed by atoms with E-state index in [9.17, 15) is 0 Å². The van der Waals surface area contributed by atoms with Crippen molar-refractivity contribution in [1.29, 1.82) is 0 Å². The molecule has 0 radical (unpaired) electrons. The molecule has 21 heavy (non-hydrogen) atoms. The molecule has 1 heterocycles. The number of aromatic nitrogens is 2. The Bertz CT molecular complexity index is 517. The van der Waals surface area contributed by atoms with Crippen LogP contribution in [-0.2, 0) is 6.54 Å². The molecule has 0 atom stereocenters. The van der Waals surface area contributed by atoms with Crippen LogP contribution in [0.3, 0.4) is 0 Å². The number of likely N-dealkylation sites (N-methyl/N-ethyl adjacent to an activating group) is 2. The smallest absolute Gasteiger partial charge is 0.0991 e. The van der Waals surface area contributed by atoms with E-state index < -0.39 is 0 Å². The van der Waals surface area contributed by atoms with E-state index in [-0.39, 0.29) is 0 Å². The molecule has 2 aromatic rings. The fourth-order valence-corrected chi connectivity index (χ4v) is 2.52. The third-order valence-corrected chi connectivity index (χ3v) is 3.91. The second kappa shape index (κ2) is 7.96. The summed E-state index contributed by atoms with van der Waals surface area (Å²) in [6.07, 6.45) is 5.67. The van der Waals surface area contributed by atoms with Crippen LogP contribution in [0.5, 0.6) is 0 Å². The third-order valence-electron chi connectivity index (χ3n) is 3.91. The fourth-order valence-electron chi connectivity index (χ4n) is 2.52. The minimum atomic E-state index is 0.954. The normalized spacial score (nSPS) is 11.5. The van der Waals surface area contributed by atoms with Crippen LogP contribution in [0, 0.1) is 0 Å². The summed E-state index contributed by atoms with van der Waals surface area (Å²) in [6, 6.07) is 8.53. The molecule has 1 aromatic carbocycles. The first-order chi connectivity index (χ1) is 10.2. The van der Waals surface area contributed by atoms with Crippen LogP contribution in [0.4, 0.5) is 0 Å². The Labute approximate surface area is 128 Å². The van der Waals surface area contributed by atoms with Crippen molar-refractivity contribution in [2.75, 3.05) is 33.2 Å².